The van der Waals surface area contributed by atoms with E-state index in [0.29, 0.717) is 6.54 Å². The molecule has 11 heavy (non-hydrogen) atoms. The Labute approximate surface area is 71.9 Å². The number of ether oxygens (including phenoxy) is 1. The molecule has 1 rings (SSSR count). The van der Waals surface area contributed by atoms with Gasteiger partial charge in [-0.25, -0.2) is 4.79 Å². The molecule has 66 valence electrons. The third kappa shape index (κ3) is 2.55. The molecule has 5 heteroatoms. The Balaban J connectivity index is 0.000001000. The Bertz CT molecular complexity index is 148. The van der Waals surface area contributed by atoms with Crippen LogP contribution in [0.1, 0.15) is 12.8 Å². The predicted octanol–water partition coefficient (Wildman–Crippen LogP) is 0.255. The van der Waals surface area contributed by atoms with Crippen LogP contribution >= 0.6 is 12.4 Å². The summed E-state index contributed by atoms with van der Waals surface area (Å²) >= 11 is 0. The fraction of sp³-hybridized carbons (Fsp3) is 0.833. The van der Waals surface area contributed by atoms with Crippen molar-refractivity contribution in [3.05, 3.63) is 0 Å². The molecule has 4 nitrogen and oxygen atoms in total. The molecule has 0 saturated heterocycles. The van der Waals surface area contributed by atoms with E-state index < -0.39 is 0 Å². The first-order valence-electron chi connectivity index (χ1n) is 3.29. The maximum atomic E-state index is 10.6. The van der Waals surface area contributed by atoms with Crippen LogP contribution in [0.5, 0.6) is 0 Å². The van der Waals surface area contributed by atoms with E-state index in [0.717, 1.165) is 12.8 Å². The molecule has 0 bridgehead atoms. The van der Waals surface area contributed by atoms with E-state index in [1.54, 1.807) is 0 Å². The lowest BCUT2D eigenvalue weighted by Gasteiger charge is -2.12. The standard InChI is InChI=1S/C6H12N2O2.ClH/c1-10-5(9)8-6(4-7)2-3-6;/h2-4,7H2,1H3,(H,8,9);1H. The van der Waals surface area contributed by atoms with E-state index in [9.17, 15) is 4.79 Å². The van der Waals surface area contributed by atoms with Crippen molar-refractivity contribution in [3.8, 4) is 0 Å². The summed E-state index contributed by atoms with van der Waals surface area (Å²) < 4.78 is 4.42. The molecule has 0 radical (unpaired) electrons. The zero-order chi connectivity index (χ0) is 7.61. The Morgan fingerprint density at radius 2 is 2.27 bits per heavy atom. The highest BCUT2D eigenvalue weighted by Gasteiger charge is 2.42. The summed E-state index contributed by atoms with van der Waals surface area (Å²) in [5, 5.41) is 2.68. The molecule has 0 heterocycles. The van der Waals surface area contributed by atoms with Crippen LogP contribution in [0.2, 0.25) is 0 Å². The second-order valence-corrected chi connectivity index (χ2v) is 2.60. The molecule has 1 fully saturated rings. The first kappa shape index (κ1) is 10.5. The van der Waals surface area contributed by atoms with Gasteiger partial charge in [-0.1, -0.05) is 0 Å². The summed E-state index contributed by atoms with van der Waals surface area (Å²) in [6.45, 7) is 0.502. The Morgan fingerprint density at radius 3 is 2.55 bits per heavy atom. The third-order valence-corrected chi connectivity index (χ3v) is 1.80. The highest BCUT2D eigenvalue weighted by Crippen LogP contribution is 2.33. The number of methoxy groups -OCH3 is 1. The number of nitrogens with one attached hydrogen (secondary N) is 1. The second-order valence-electron chi connectivity index (χ2n) is 2.60. The normalized spacial score (nSPS) is 18.0. The van der Waals surface area contributed by atoms with E-state index in [1.165, 1.54) is 7.11 Å². The van der Waals surface area contributed by atoms with Gasteiger partial charge < -0.3 is 15.8 Å². The van der Waals surface area contributed by atoms with Crippen molar-refractivity contribution in [1.82, 2.24) is 5.32 Å². The zero-order valence-corrected chi connectivity index (χ0v) is 7.24. The van der Waals surface area contributed by atoms with E-state index in [4.69, 9.17) is 5.73 Å². The van der Waals surface area contributed by atoms with Gasteiger partial charge in [-0.15, -0.1) is 12.4 Å². The minimum Gasteiger partial charge on any atom is -0.453 e. The van der Waals surface area contributed by atoms with Crippen molar-refractivity contribution in [1.29, 1.82) is 0 Å². The molecule has 3 N–H and O–H groups in total. The lowest BCUT2D eigenvalue weighted by molar-refractivity contribution is 0.165. The average molecular weight is 181 g/mol. The van der Waals surface area contributed by atoms with Gasteiger partial charge in [0.05, 0.1) is 12.6 Å². The fourth-order valence-electron chi connectivity index (χ4n) is 0.799. The molecule has 0 aliphatic heterocycles. The SMILES string of the molecule is COC(=O)NC1(CN)CC1.Cl. The molecule has 0 aromatic heterocycles. The van der Waals surface area contributed by atoms with Gasteiger partial charge in [0.1, 0.15) is 0 Å². The van der Waals surface area contributed by atoms with Crippen LogP contribution in [0, 0.1) is 0 Å². The lowest BCUT2D eigenvalue weighted by Crippen LogP contribution is -2.42. The Hall–Kier alpha value is -0.480. The van der Waals surface area contributed by atoms with Crippen LogP contribution < -0.4 is 11.1 Å². The maximum Gasteiger partial charge on any atom is 0.407 e. The summed E-state index contributed by atoms with van der Waals surface area (Å²) in [7, 11) is 1.35. The minimum absolute atomic E-state index is 0. The molecule has 0 atom stereocenters. The monoisotopic (exact) mass is 180 g/mol. The number of carbonyl (C=O) groups excluding carboxylic acids is 1. The number of rotatable bonds is 2. The highest BCUT2D eigenvalue weighted by atomic mass is 35.5. The molecule has 1 saturated carbocycles. The van der Waals surface area contributed by atoms with Crippen molar-refractivity contribution in [3.63, 3.8) is 0 Å². The van der Waals surface area contributed by atoms with Crippen LogP contribution in [-0.2, 0) is 4.74 Å². The fourth-order valence-corrected chi connectivity index (χ4v) is 0.799. The van der Waals surface area contributed by atoms with Crippen molar-refractivity contribution < 1.29 is 9.53 Å². The number of alkyl carbamates (subject to hydrolysis) is 1. The van der Waals surface area contributed by atoms with E-state index in [2.05, 4.69) is 10.1 Å². The Morgan fingerprint density at radius 1 is 1.73 bits per heavy atom. The quantitative estimate of drug-likeness (QED) is 0.641. The zero-order valence-electron chi connectivity index (χ0n) is 6.42. The van der Waals surface area contributed by atoms with E-state index in [1.807, 2.05) is 0 Å². The summed E-state index contributed by atoms with van der Waals surface area (Å²) in [6.07, 6.45) is 1.56. The van der Waals surface area contributed by atoms with Crippen LogP contribution in [0.3, 0.4) is 0 Å². The summed E-state index contributed by atoms with van der Waals surface area (Å²) in [4.78, 5) is 10.6. The highest BCUT2D eigenvalue weighted by molar-refractivity contribution is 5.85. The number of hydrogen-bond donors (Lipinski definition) is 2. The number of carbonyl (C=O) groups is 1. The van der Waals surface area contributed by atoms with Gasteiger partial charge in [-0.3, -0.25) is 0 Å². The third-order valence-electron chi connectivity index (χ3n) is 1.80. The molecule has 1 amide bonds. The van der Waals surface area contributed by atoms with Crippen LogP contribution in [0.4, 0.5) is 4.79 Å². The molecule has 1 aliphatic rings. The molecule has 1 aliphatic carbocycles. The molecular weight excluding hydrogens is 168 g/mol. The van der Waals surface area contributed by atoms with Gasteiger partial charge in [-0.2, -0.15) is 0 Å². The van der Waals surface area contributed by atoms with Crippen LogP contribution in [0.25, 0.3) is 0 Å². The summed E-state index contributed by atoms with van der Waals surface area (Å²) in [5.74, 6) is 0. The van der Waals surface area contributed by atoms with Gasteiger partial charge in [0.15, 0.2) is 0 Å². The summed E-state index contributed by atoms with van der Waals surface area (Å²) in [5.41, 5.74) is 5.27. The minimum atomic E-state index is -0.386. The molecule has 0 aromatic rings. The Kier molecular flexibility index (Phi) is 3.62. The van der Waals surface area contributed by atoms with Gasteiger partial charge in [-0.05, 0) is 12.8 Å². The predicted molar refractivity (Wildman–Crippen MR) is 43.8 cm³/mol. The topological polar surface area (TPSA) is 64.3 Å². The van der Waals surface area contributed by atoms with E-state index >= 15 is 0 Å². The van der Waals surface area contributed by atoms with Crippen LogP contribution in [-0.4, -0.2) is 25.3 Å². The van der Waals surface area contributed by atoms with Gasteiger partial charge >= 0.3 is 6.09 Å². The van der Waals surface area contributed by atoms with E-state index in [-0.39, 0.29) is 24.0 Å². The number of hydrogen-bond acceptors (Lipinski definition) is 3. The number of amides is 1. The molecule has 0 spiro atoms. The average Bonchev–Trinajstić information content (AvgIpc) is 2.70. The van der Waals surface area contributed by atoms with Crippen molar-refractivity contribution >= 4 is 18.5 Å². The number of nitrogens with two attached hydrogens (primary N) is 1. The van der Waals surface area contributed by atoms with Crippen molar-refractivity contribution in [2.45, 2.75) is 18.4 Å². The maximum absolute atomic E-state index is 10.6. The lowest BCUT2D eigenvalue weighted by atomic mass is 10.3. The van der Waals surface area contributed by atoms with Gasteiger partial charge in [0.2, 0.25) is 0 Å². The van der Waals surface area contributed by atoms with Gasteiger partial charge in [0.25, 0.3) is 0 Å². The summed E-state index contributed by atoms with van der Waals surface area (Å²) in [6, 6.07) is 0. The van der Waals surface area contributed by atoms with Crippen molar-refractivity contribution in [2.24, 2.45) is 5.73 Å². The second kappa shape index (κ2) is 3.78. The smallest absolute Gasteiger partial charge is 0.407 e. The van der Waals surface area contributed by atoms with Crippen LogP contribution in [0.15, 0.2) is 0 Å². The largest absolute Gasteiger partial charge is 0.453 e. The first-order chi connectivity index (χ1) is 4.72. The van der Waals surface area contributed by atoms with Gasteiger partial charge in [0, 0.05) is 6.54 Å². The first-order valence-corrected chi connectivity index (χ1v) is 3.29. The molecular formula is C6H13ClN2O2. The molecule has 0 unspecified atom stereocenters. The van der Waals surface area contributed by atoms with Crippen molar-refractivity contribution in [2.75, 3.05) is 13.7 Å². The molecule has 0 aromatic carbocycles. The number of halogens is 1.